The number of fused-ring (bicyclic) bond motifs is 1. The Hall–Kier alpha value is -2.77. The molecule has 1 aliphatic rings. The standard InChI is InChI=1S/C21H22ClNO6/c1-25-18-9-14(15(22)10-19(18)26-2)11-23-12-16(24)21(27-3)13-4-5-17-20(8-13)29-7-6-28-17/h4-5,8-11,21H,6-7,12H2,1-3H3. The number of benzene rings is 2. The fourth-order valence-electron chi connectivity index (χ4n) is 2.96. The van der Waals surface area contributed by atoms with Gasteiger partial charge < -0.3 is 23.7 Å². The Morgan fingerprint density at radius 3 is 2.48 bits per heavy atom. The number of halogens is 1. The number of aliphatic imine (C=N–C) groups is 1. The van der Waals surface area contributed by atoms with Crippen LogP contribution in [-0.2, 0) is 9.53 Å². The first-order chi connectivity index (χ1) is 14.1. The maximum Gasteiger partial charge on any atom is 0.187 e. The molecule has 0 fully saturated rings. The van der Waals surface area contributed by atoms with E-state index < -0.39 is 6.10 Å². The van der Waals surface area contributed by atoms with E-state index in [0.717, 1.165) is 0 Å². The third-order valence-corrected chi connectivity index (χ3v) is 4.70. The number of Topliss-reactive ketones (excluding diaryl/α,β-unsaturated/α-hetero) is 1. The highest BCUT2D eigenvalue weighted by atomic mass is 35.5. The Balaban J connectivity index is 1.72. The summed E-state index contributed by atoms with van der Waals surface area (Å²) in [7, 11) is 4.55. The number of carbonyl (C=O) groups is 1. The van der Waals surface area contributed by atoms with Crippen molar-refractivity contribution in [2.24, 2.45) is 4.99 Å². The van der Waals surface area contributed by atoms with Gasteiger partial charge in [0.05, 0.1) is 19.2 Å². The van der Waals surface area contributed by atoms with Crippen LogP contribution in [0, 0.1) is 0 Å². The second kappa shape index (κ2) is 9.62. The second-order valence-corrected chi connectivity index (χ2v) is 6.59. The maximum atomic E-state index is 12.7. The van der Waals surface area contributed by atoms with Gasteiger partial charge in [-0.25, -0.2) is 0 Å². The minimum Gasteiger partial charge on any atom is -0.493 e. The van der Waals surface area contributed by atoms with Crippen molar-refractivity contribution in [1.29, 1.82) is 0 Å². The van der Waals surface area contributed by atoms with E-state index in [2.05, 4.69) is 4.99 Å². The maximum absolute atomic E-state index is 12.7. The first kappa shape index (κ1) is 21.0. The molecular formula is C21H22ClNO6. The molecule has 2 aromatic rings. The van der Waals surface area contributed by atoms with E-state index in [1.807, 2.05) is 0 Å². The van der Waals surface area contributed by atoms with Gasteiger partial charge in [-0.3, -0.25) is 9.79 Å². The van der Waals surface area contributed by atoms with Gasteiger partial charge in [0.2, 0.25) is 0 Å². The number of carbonyl (C=O) groups excluding carboxylic acids is 1. The van der Waals surface area contributed by atoms with E-state index in [0.29, 0.717) is 52.4 Å². The Morgan fingerprint density at radius 2 is 1.79 bits per heavy atom. The molecule has 0 aromatic heterocycles. The van der Waals surface area contributed by atoms with Crippen LogP contribution in [0.25, 0.3) is 0 Å². The summed E-state index contributed by atoms with van der Waals surface area (Å²) < 4.78 is 26.9. The van der Waals surface area contributed by atoms with Crippen LogP contribution in [0.2, 0.25) is 5.02 Å². The van der Waals surface area contributed by atoms with Crippen LogP contribution in [0.4, 0.5) is 0 Å². The van der Waals surface area contributed by atoms with Gasteiger partial charge in [-0.05, 0) is 23.8 Å². The van der Waals surface area contributed by atoms with Gasteiger partial charge >= 0.3 is 0 Å². The summed E-state index contributed by atoms with van der Waals surface area (Å²) in [5.41, 5.74) is 1.30. The van der Waals surface area contributed by atoms with Crippen molar-refractivity contribution >= 4 is 23.6 Å². The number of ketones is 1. The SMILES string of the molecule is COc1cc(Cl)c(C=NCC(=O)C(OC)c2ccc3c(c2)OCCO3)cc1OC. The molecule has 1 aliphatic heterocycles. The van der Waals surface area contributed by atoms with Crippen molar-refractivity contribution in [2.75, 3.05) is 41.1 Å². The highest BCUT2D eigenvalue weighted by Crippen LogP contribution is 2.34. The van der Waals surface area contributed by atoms with Gasteiger partial charge in [-0.1, -0.05) is 17.7 Å². The third kappa shape index (κ3) is 4.81. The van der Waals surface area contributed by atoms with Crippen LogP contribution < -0.4 is 18.9 Å². The summed E-state index contributed by atoms with van der Waals surface area (Å²) >= 11 is 6.24. The van der Waals surface area contributed by atoms with E-state index in [-0.39, 0.29) is 12.3 Å². The molecule has 0 amide bonds. The fourth-order valence-corrected chi connectivity index (χ4v) is 3.16. The molecule has 2 aromatic carbocycles. The summed E-state index contributed by atoms with van der Waals surface area (Å²) in [6.45, 7) is 0.905. The zero-order valence-electron chi connectivity index (χ0n) is 16.4. The van der Waals surface area contributed by atoms with E-state index >= 15 is 0 Å². The smallest absolute Gasteiger partial charge is 0.187 e. The van der Waals surface area contributed by atoms with Crippen LogP contribution in [0.5, 0.6) is 23.0 Å². The summed E-state index contributed by atoms with van der Waals surface area (Å²) in [5, 5.41) is 0.439. The van der Waals surface area contributed by atoms with Crippen LogP contribution >= 0.6 is 11.6 Å². The molecule has 0 saturated carbocycles. The molecule has 0 radical (unpaired) electrons. The zero-order valence-corrected chi connectivity index (χ0v) is 17.2. The topological polar surface area (TPSA) is 75.6 Å². The Bertz CT molecular complexity index is 914. The summed E-state index contributed by atoms with van der Waals surface area (Å²) in [6.07, 6.45) is 0.766. The minimum atomic E-state index is -0.760. The lowest BCUT2D eigenvalue weighted by Gasteiger charge is -2.20. The lowest BCUT2D eigenvalue weighted by atomic mass is 10.0. The van der Waals surface area contributed by atoms with Gasteiger partial charge in [-0.15, -0.1) is 0 Å². The van der Waals surface area contributed by atoms with Gasteiger partial charge in [0.1, 0.15) is 25.9 Å². The summed E-state index contributed by atoms with van der Waals surface area (Å²) in [4.78, 5) is 16.9. The number of rotatable bonds is 8. The minimum absolute atomic E-state index is 0.0718. The van der Waals surface area contributed by atoms with Gasteiger partial charge in [0.25, 0.3) is 0 Å². The second-order valence-electron chi connectivity index (χ2n) is 6.18. The van der Waals surface area contributed by atoms with E-state index in [4.69, 9.17) is 35.3 Å². The van der Waals surface area contributed by atoms with Gasteiger partial charge in [-0.2, -0.15) is 0 Å². The average Bonchev–Trinajstić information content (AvgIpc) is 2.75. The average molecular weight is 420 g/mol. The van der Waals surface area contributed by atoms with Crippen molar-refractivity contribution in [3.8, 4) is 23.0 Å². The molecule has 7 nitrogen and oxygen atoms in total. The molecule has 154 valence electrons. The van der Waals surface area contributed by atoms with Crippen molar-refractivity contribution in [3.05, 3.63) is 46.5 Å². The number of hydrogen-bond donors (Lipinski definition) is 0. The van der Waals surface area contributed by atoms with Crippen LogP contribution in [0.15, 0.2) is 35.3 Å². The predicted molar refractivity (Wildman–Crippen MR) is 109 cm³/mol. The molecule has 0 bridgehead atoms. The van der Waals surface area contributed by atoms with Crippen LogP contribution in [0.1, 0.15) is 17.2 Å². The highest BCUT2D eigenvalue weighted by molar-refractivity contribution is 6.33. The molecule has 29 heavy (non-hydrogen) atoms. The number of nitrogens with zero attached hydrogens (tertiary/aromatic N) is 1. The molecule has 0 N–H and O–H groups in total. The molecule has 8 heteroatoms. The Kier molecular flexibility index (Phi) is 6.95. The van der Waals surface area contributed by atoms with E-state index in [1.165, 1.54) is 27.5 Å². The first-order valence-electron chi connectivity index (χ1n) is 8.93. The largest absolute Gasteiger partial charge is 0.493 e. The molecule has 1 heterocycles. The normalized spacial score (nSPS) is 13.9. The molecule has 0 aliphatic carbocycles. The molecular weight excluding hydrogens is 398 g/mol. The van der Waals surface area contributed by atoms with Gasteiger partial charge in [0.15, 0.2) is 28.8 Å². The molecule has 0 saturated heterocycles. The zero-order chi connectivity index (χ0) is 20.8. The third-order valence-electron chi connectivity index (χ3n) is 4.38. The quantitative estimate of drug-likeness (QED) is 0.609. The van der Waals surface area contributed by atoms with Crippen LogP contribution in [0.3, 0.4) is 0 Å². The number of ether oxygens (including phenoxy) is 5. The predicted octanol–water partition coefficient (Wildman–Crippen LogP) is 3.50. The number of methoxy groups -OCH3 is 3. The first-order valence-corrected chi connectivity index (χ1v) is 9.31. The van der Waals surface area contributed by atoms with Crippen LogP contribution in [-0.4, -0.2) is 53.1 Å². The van der Waals surface area contributed by atoms with Crippen molar-refractivity contribution in [2.45, 2.75) is 6.10 Å². The summed E-state index contributed by atoms with van der Waals surface area (Å²) in [6, 6.07) is 8.65. The lowest BCUT2D eigenvalue weighted by molar-refractivity contribution is -0.127. The van der Waals surface area contributed by atoms with E-state index in [1.54, 1.807) is 30.3 Å². The lowest BCUT2D eigenvalue weighted by Crippen LogP contribution is -2.19. The molecule has 3 rings (SSSR count). The van der Waals surface area contributed by atoms with Crippen molar-refractivity contribution < 1.29 is 28.5 Å². The monoisotopic (exact) mass is 419 g/mol. The number of hydrogen-bond acceptors (Lipinski definition) is 7. The van der Waals surface area contributed by atoms with Gasteiger partial charge in [0, 0.05) is 25.0 Å². The van der Waals surface area contributed by atoms with E-state index in [9.17, 15) is 4.79 Å². The summed E-state index contributed by atoms with van der Waals surface area (Å²) in [5.74, 6) is 2.10. The Labute approximate surface area is 174 Å². The Morgan fingerprint density at radius 1 is 1.10 bits per heavy atom. The molecule has 1 atom stereocenters. The van der Waals surface area contributed by atoms with Crippen molar-refractivity contribution in [1.82, 2.24) is 0 Å². The molecule has 0 spiro atoms. The molecule has 1 unspecified atom stereocenters. The van der Waals surface area contributed by atoms with Crippen molar-refractivity contribution in [3.63, 3.8) is 0 Å². The fraction of sp³-hybridized carbons (Fsp3) is 0.333. The highest BCUT2D eigenvalue weighted by Gasteiger charge is 2.22.